The third kappa shape index (κ3) is 1.28. The largest absolute Gasteiger partial charge is 0.444 e. The molecule has 1 aromatic heterocycles. The van der Waals surface area contributed by atoms with Crippen LogP contribution >= 0.6 is 0 Å². The molecule has 1 aliphatic heterocycles. The fourth-order valence-corrected chi connectivity index (χ4v) is 1.43. The lowest BCUT2D eigenvalue weighted by molar-refractivity contribution is 0.414. The first-order chi connectivity index (χ1) is 5.36. The predicted molar refractivity (Wildman–Crippen MR) is 41.2 cm³/mol. The number of rotatable bonds is 1. The molecular formula is C8H12N2O. The quantitative estimate of drug-likeness (QED) is 0.661. The van der Waals surface area contributed by atoms with Crippen molar-refractivity contribution in [3.63, 3.8) is 0 Å². The molecule has 1 N–H and O–H groups in total. The summed E-state index contributed by atoms with van der Waals surface area (Å²) < 4.78 is 5.39. The molecule has 0 amide bonds. The highest BCUT2D eigenvalue weighted by molar-refractivity contribution is 4.97. The maximum absolute atomic E-state index is 5.39. The van der Waals surface area contributed by atoms with E-state index in [4.69, 9.17) is 4.42 Å². The number of nitrogens with zero attached hydrogens (tertiary/aromatic N) is 1. The van der Waals surface area contributed by atoms with E-state index in [0.29, 0.717) is 6.04 Å². The van der Waals surface area contributed by atoms with Crippen LogP contribution in [0, 0.1) is 6.92 Å². The standard InChI is InChI=1S/C8H12N2O/c1-6-5-10-8(11-6)7-3-2-4-9-7/h5,7,9H,2-4H2,1H3. The third-order valence-electron chi connectivity index (χ3n) is 2.00. The summed E-state index contributed by atoms with van der Waals surface area (Å²) in [6.07, 6.45) is 4.15. The van der Waals surface area contributed by atoms with Gasteiger partial charge >= 0.3 is 0 Å². The molecule has 60 valence electrons. The lowest BCUT2D eigenvalue weighted by Crippen LogP contribution is -2.12. The Balaban J connectivity index is 2.15. The summed E-state index contributed by atoms with van der Waals surface area (Å²) in [5, 5.41) is 3.33. The molecule has 2 rings (SSSR count). The van der Waals surface area contributed by atoms with Gasteiger partial charge in [0.05, 0.1) is 12.2 Å². The molecule has 1 unspecified atom stereocenters. The van der Waals surface area contributed by atoms with Crippen molar-refractivity contribution < 1.29 is 4.42 Å². The summed E-state index contributed by atoms with van der Waals surface area (Å²) in [5.74, 6) is 1.74. The van der Waals surface area contributed by atoms with Gasteiger partial charge in [-0.2, -0.15) is 0 Å². The molecule has 3 heteroatoms. The third-order valence-corrected chi connectivity index (χ3v) is 2.00. The maximum atomic E-state index is 5.39. The summed E-state index contributed by atoms with van der Waals surface area (Å²) in [5.41, 5.74) is 0. The van der Waals surface area contributed by atoms with Crippen molar-refractivity contribution in [2.45, 2.75) is 25.8 Å². The van der Waals surface area contributed by atoms with Crippen molar-refractivity contribution in [3.05, 3.63) is 17.8 Å². The van der Waals surface area contributed by atoms with Gasteiger partial charge in [0.1, 0.15) is 5.76 Å². The first-order valence-electron chi connectivity index (χ1n) is 4.02. The number of oxazole rings is 1. The van der Waals surface area contributed by atoms with Crippen LogP contribution in [0.2, 0.25) is 0 Å². The molecule has 1 atom stereocenters. The van der Waals surface area contributed by atoms with Crippen LogP contribution in [0.15, 0.2) is 10.6 Å². The van der Waals surface area contributed by atoms with Crippen molar-refractivity contribution in [2.75, 3.05) is 6.54 Å². The number of aromatic nitrogens is 1. The summed E-state index contributed by atoms with van der Waals surface area (Å²) in [6, 6.07) is 0.365. The van der Waals surface area contributed by atoms with E-state index < -0.39 is 0 Å². The van der Waals surface area contributed by atoms with Gasteiger partial charge in [0.2, 0.25) is 5.89 Å². The average molecular weight is 152 g/mol. The molecule has 1 aliphatic rings. The van der Waals surface area contributed by atoms with E-state index in [0.717, 1.165) is 24.6 Å². The first-order valence-corrected chi connectivity index (χ1v) is 4.02. The van der Waals surface area contributed by atoms with E-state index in [1.165, 1.54) is 6.42 Å². The maximum Gasteiger partial charge on any atom is 0.211 e. The van der Waals surface area contributed by atoms with E-state index in [1.807, 2.05) is 6.92 Å². The van der Waals surface area contributed by atoms with E-state index in [1.54, 1.807) is 6.20 Å². The van der Waals surface area contributed by atoms with Crippen molar-refractivity contribution in [1.29, 1.82) is 0 Å². The predicted octanol–water partition coefficient (Wildman–Crippen LogP) is 1.41. The van der Waals surface area contributed by atoms with Gasteiger partial charge < -0.3 is 9.73 Å². The number of hydrogen-bond acceptors (Lipinski definition) is 3. The Kier molecular flexibility index (Phi) is 1.66. The normalized spacial score (nSPS) is 24.3. The molecule has 0 radical (unpaired) electrons. The molecule has 2 heterocycles. The lowest BCUT2D eigenvalue weighted by Gasteiger charge is -2.02. The summed E-state index contributed by atoms with van der Waals surface area (Å²) >= 11 is 0. The molecule has 0 spiro atoms. The van der Waals surface area contributed by atoms with Crippen LogP contribution < -0.4 is 5.32 Å². The highest BCUT2D eigenvalue weighted by Crippen LogP contribution is 2.21. The van der Waals surface area contributed by atoms with Crippen LogP contribution in [0.5, 0.6) is 0 Å². The van der Waals surface area contributed by atoms with Gasteiger partial charge in [-0.25, -0.2) is 4.98 Å². The van der Waals surface area contributed by atoms with Crippen LogP contribution in [0.1, 0.15) is 30.5 Å². The van der Waals surface area contributed by atoms with Crippen LogP contribution in [0.4, 0.5) is 0 Å². The second kappa shape index (κ2) is 2.66. The van der Waals surface area contributed by atoms with Gasteiger partial charge in [-0.05, 0) is 26.3 Å². The summed E-state index contributed by atoms with van der Waals surface area (Å²) in [7, 11) is 0. The van der Waals surface area contributed by atoms with Gasteiger partial charge in [-0.15, -0.1) is 0 Å². The van der Waals surface area contributed by atoms with E-state index in [-0.39, 0.29) is 0 Å². The molecule has 0 bridgehead atoms. The molecular weight excluding hydrogens is 140 g/mol. The van der Waals surface area contributed by atoms with Crippen LogP contribution in [-0.2, 0) is 0 Å². The SMILES string of the molecule is Cc1cnc(C2CCCN2)o1. The summed E-state index contributed by atoms with van der Waals surface area (Å²) in [6.45, 7) is 3.01. The molecule has 1 saturated heterocycles. The summed E-state index contributed by atoms with van der Waals surface area (Å²) in [4.78, 5) is 4.17. The molecule has 0 saturated carbocycles. The zero-order chi connectivity index (χ0) is 7.68. The Morgan fingerprint density at radius 1 is 1.73 bits per heavy atom. The van der Waals surface area contributed by atoms with E-state index >= 15 is 0 Å². The van der Waals surface area contributed by atoms with Gasteiger partial charge in [0, 0.05) is 0 Å². The van der Waals surface area contributed by atoms with Gasteiger partial charge in [-0.1, -0.05) is 0 Å². The molecule has 0 aliphatic carbocycles. The van der Waals surface area contributed by atoms with Crippen molar-refractivity contribution in [3.8, 4) is 0 Å². The second-order valence-electron chi connectivity index (χ2n) is 2.96. The minimum absolute atomic E-state index is 0.365. The molecule has 11 heavy (non-hydrogen) atoms. The van der Waals surface area contributed by atoms with Gasteiger partial charge in [-0.3, -0.25) is 0 Å². The highest BCUT2D eigenvalue weighted by Gasteiger charge is 2.19. The fourth-order valence-electron chi connectivity index (χ4n) is 1.43. The molecule has 3 nitrogen and oxygen atoms in total. The second-order valence-corrected chi connectivity index (χ2v) is 2.96. The van der Waals surface area contributed by atoms with Crippen molar-refractivity contribution in [1.82, 2.24) is 10.3 Å². The minimum Gasteiger partial charge on any atom is -0.444 e. The van der Waals surface area contributed by atoms with Crippen LogP contribution in [0.25, 0.3) is 0 Å². The minimum atomic E-state index is 0.365. The molecule has 1 aromatic rings. The van der Waals surface area contributed by atoms with Crippen LogP contribution in [0.3, 0.4) is 0 Å². The fraction of sp³-hybridized carbons (Fsp3) is 0.625. The average Bonchev–Trinajstić information content (AvgIpc) is 2.55. The highest BCUT2D eigenvalue weighted by atomic mass is 16.4. The van der Waals surface area contributed by atoms with Gasteiger partial charge in [0.25, 0.3) is 0 Å². The Morgan fingerprint density at radius 3 is 3.18 bits per heavy atom. The molecule has 1 fully saturated rings. The Morgan fingerprint density at radius 2 is 2.64 bits per heavy atom. The number of nitrogens with one attached hydrogen (secondary N) is 1. The van der Waals surface area contributed by atoms with Crippen molar-refractivity contribution >= 4 is 0 Å². The zero-order valence-electron chi connectivity index (χ0n) is 6.63. The lowest BCUT2D eigenvalue weighted by atomic mass is 10.2. The van der Waals surface area contributed by atoms with Crippen LogP contribution in [-0.4, -0.2) is 11.5 Å². The topological polar surface area (TPSA) is 38.1 Å². The Bertz CT molecular complexity index is 238. The van der Waals surface area contributed by atoms with E-state index in [2.05, 4.69) is 10.3 Å². The smallest absolute Gasteiger partial charge is 0.211 e. The Hall–Kier alpha value is -0.830. The number of hydrogen-bond donors (Lipinski definition) is 1. The van der Waals surface area contributed by atoms with E-state index in [9.17, 15) is 0 Å². The van der Waals surface area contributed by atoms with Crippen molar-refractivity contribution in [2.24, 2.45) is 0 Å². The zero-order valence-corrected chi connectivity index (χ0v) is 6.63. The molecule has 0 aromatic carbocycles. The number of aryl methyl sites for hydroxylation is 1. The monoisotopic (exact) mass is 152 g/mol. The first kappa shape index (κ1) is 6.85. The Labute approximate surface area is 65.8 Å². The van der Waals surface area contributed by atoms with Gasteiger partial charge in [0.15, 0.2) is 0 Å².